The number of rotatable bonds is 3. The molecule has 7 heteroatoms. The Bertz CT molecular complexity index is 1030. The van der Waals surface area contributed by atoms with Gasteiger partial charge in [-0.15, -0.1) is 0 Å². The third kappa shape index (κ3) is 3.07. The van der Waals surface area contributed by atoms with Crippen molar-refractivity contribution >= 4 is 38.9 Å². The number of nitrogens with zero attached hydrogens (tertiary/aromatic N) is 1. The minimum Gasteiger partial charge on any atom is -0.378 e. The van der Waals surface area contributed by atoms with E-state index in [2.05, 4.69) is 17.5 Å². The molecule has 0 amide bonds. The zero-order valence-corrected chi connectivity index (χ0v) is 17.3. The van der Waals surface area contributed by atoms with Gasteiger partial charge in [-0.2, -0.15) is 0 Å². The molecule has 0 bridgehead atoms. The molecule has 0 saturated heterocycles. The van der Waals surface area contributed by atoms with Crippen LogP contribution in [0.4, 0.5) is 5.69 Å². The number of sulfonamides is 1. The van der Waals surface area contributed by atoms with Crippen LogP contribution in [0.3, 0.4) is 0 Å². The van der Waals surface area contributed by atoms with Gasteiger partial charge in [0.05, 0.1) is 21.0 Å². The summed E-state index contributed by atoms with van der Waals surface area (Å²) < 4.78 is 26.3. The summed E-state index contributed by atoms with van der Waals surface area (Å²) in [7, 11) is -0.386. The van der Waals surface area contributed by atoms with Crippen molar-refractivity contribution in [3.63, 3.8) is 0 Å². The van der Waals surface area contributed by atoms with Crippen LogP contribution < -0.4 is 5.32 Å². The third-order valence-electron chi connectivity index (χ3n) is 5.43. The fourth-order valence-corrected chi connectivity index (χ4v) is 5.38. The largest absolute Gasteiger partial charge is 0.378 e. The number of fused-ring (bicyclic) bond motifs is 3. The van der Waals surface area contributed by atoms with Gasteiger partial charge in [-0.05, 0) is 47.7 Å². The molecule has 1 N–H and O–H groups in total. The van der Waals surface area contributed by atoms with E-state index in [9.17, 15) is 8.42 Å². The van der Waals surface area contributed by atoms with Gasteiger partial charge in [0.25, 0.3) is 0 Å². The van der Waals surface area contributed by atoms with Crippen molar-refractivity contribution < 1.29 is 8.42 Å². The Balaban J connectivity index is 1.80. The Morgan fingerprint density at radius 1 is 1.11 bits per heavy atom. The Morgan fingerprint density at radius 3 is 2.63 bits per heavy atom. The van der Waals surface area contributed by atoms with Crippen LogP contribution in [-0.4, -0.2) is 26.8 Å². The first-order valence-electron chi connectivity index (χ1n) is 8.74. The van der Waals surface area contributed by atoms with E-state index in [-0.39, 0.29) is 17.9 Å². The number of halogens is 2. The molecular formula is C20H20Cl2N2O2S. The summed E-state index contributed by atoms with van der Waals surface area (Å²) in [6.45, 7) is 0. The van der Waals surface area contributed by atoms with E-state index in [1.54, 1.807) is 32.3 Å². The van der Waals surface area contributed by atoms with Gasteiger partial charge in [-0.25, -0.2) is 12.7 Å². The number of hydrogen-bond acceptors (Lipinski definition) is 3. The van der Waals surface area contributed by atoms with E-state index < -0.39 is 10.0 Å². The quantitative estimate of drug-likeness (QED) is 0.702. The summed E-state index contributed by atoms with van der Waals surface area (Å²) in [5.74, 6) is 0.393. The Hall–Kier alpha value is -1.53. The van der Waals surface area contributed by atoms with E-state index in [4.69, 9.17) is 23.2 Å². The van der Waals surface area contributed by atoms with Gasteiger partial charge in [0.1, 0.15) is 0 Å². The van der Waals surface area contributed by atoms with Crippen molar-refractivity contribution in [3.8, 4) is 0 Å². The fraction of sp³-hybridized carbons (Fsp3) is 0.300. The normalized spacial score (nSPS) is 23.8. The Kier molecular flexibility index (Phi) is 4.75. The van der Waals surface area contributed by atoms with Gasteiger partial charge in [0, 0.05) is 25.7 Å². The van der Waals surface area contributed by atoms with Crippen molar-refractivity contribution in [1.82, 2.24) is 4.31 Å². The SMILES string of the molecule is CN(C)S(=O)(=O)c1ccc2c(c1)C1C=CCC1C(c1cccc(Cl)c1Cl)N2. The molecular weight excluding hydrogens is 403 g/mol. The Labute approximate surface area is 169 Å². The number of allylic oxidation sites excluding steroid dienone is 2. The molecule has 4 nitrogen and oxygen atoms in total. The third-order valence-corrected chi connectivity index (χ3v) is 8.07. The molecule has 2 aliphatic rings. The Morgan fingerprint density at radius 2 is 1.89 bits per heavy atom. The number of hydrogen-bond donors (Lipinski definition) is 1. The van der Waals surface area contributed by atoms with Gasteiger partial charge in [0.15, 0.2) is 0 Å². The highest BCUT2D eigenvalue weighted by molar-refractivity contribution is 7.89. The monoisotopic (exact) mass is 422 g/mol. The molecule has 4 rings (SSSR count). The summed E-state index contributed by atoms with van der Waals surface area (Å²) in [5.41, 5.74) is 2.91. The number of benzene rings is 2. The zero-order valence-electron chi connectivity index (χ0n) is 15.0. The lowest BCUT2D eigenvalue weighted by Crippen LogP contribution is -2.30. The number of anilines is 1. The average molecular weight is 423 g/mol. The van der Waals surface area contributed by atoms with Crippen LogP contribution in [0.1, 0.15) is 29.5 Å². The van der Waals surface area contributed by atoms with Gasteiger partial charge >= 0.3 is 0 Å². The molecule has 1 aliphatic carbocycles. The minimum atomic E-state index is -3.47. The smallest absolute Gasteiger partial charge is 0.242 e. The summed E-state index contributed by atoms with van der Waals surface area (Å²) >= 11 is 12.7. The molecule has 2 aromatic carbocycles. The maximum atomic E-state index is 12.5. The molecule has 142 valence electrons. The van der Waals surface area contributed by atoms with Crippen molar-refractivity contribution in [3.05, 3.63) is 69.7 Å². The molecule has 1 aliphatic heterocycles. The lowest BCUT2D eigenvalue weighted by molar-refractivity contribution is 0.425. The number of nitrogens with one attached hydrogen (secondary N) is 1. The van der Waals surface area contributed by atoms with Crippen molar-refractivity contribution in [2.75, 3.05) is 19.4 Å². The lowest BCUT2D eigenvalue weighted by Gasteiger charge is -2.38. The van der Waals surface area contributed by atoms with Crippen molar-refractivity contribution in [2.24, 2.45) is 5.92 Å². The summed E-state index contributed by atoms with van der Waals surface area (Å²) in [6, 6.07) is 11.0. The van der Waals surface area contributed by atoms with Gasteiger partial charge in [0.2, 0.25) is 10.0 Å². The molecule has 0 aromatic heterocycles. The predicted molar refractivity (Wildman–Crippen MR) is 110 cm³/mol. The summed E-state index contributed by atoms with van der Waals surface area (Å²) in [6.07, 6.45) is 5.22. The van der Waals surface area contributed by atoms with E-state index in [0.717, 1.165) is 23.2 Å². The van der Waals surface area contributed by atoms with E-state index in [1.807, 2.05) is 18.2 Å². The highest BCUT2D eigenvalue weighted by Gasteiger charge is 2.39. The van der Waals surface area contributed by atoms with Gasteiger partial charge < -0.3 is 5.32 Å². The van der Waals surface area contributed by atoms with Crippen LogP contribution in [-0.2, 0) is 10.0 Å². The van der Waals surface area contributed by atoms with Crippen molar-refractivity contribution in [1.29, 1.82) is 0 Å². The second-order valence-corrected chi connectivity index (χ2v) is 10.1. The van der Waals surface area contributed by atoms with Gasteiger partial charge in [-0.3, -0.25) is 0 Å². The molecule has 1 heterocycles. The molecule has 0 saturated carbocycles. The van der Waals surface area contributed by atoms with Crippen LogP contribution >= 0.6 is 23.2 Å². The molecule has 0 spiro atoms. The van der Waals surface area contributed by atoms with Crippen LogP contribution in [0.25, 0.3) is 0 Å². The molecule has 2 aromatic rings. The summed E-state index contributed by atoms with van der Waals surface area (Å²) in [4.78, 5) is 0.311. The second kappa shape index (κ2) is 6.82. The van der Waals surface area contributed by atoms with E-state index >= 15 is 0 Å². The average Bonchev–Trinajstić information content (AvgIpc) is 3.13. The maximum absolute atomic E-state index is 12.5. The summed E-state index contributed by atoms with van der Waals surface area (Å²) in [5, 5.41) is 4.67. The predicted octanol–water partition coefficient (Wildman–Crippen LogP) is 5.07. The molecule has 27 heavy (non-hydrogen) atoms. The minimum absolute atomic E-state index is 0.0139. The van der Waals surface area contributed by atoms with Gasteiger partial charge in [-0.1, -0.05) is 47.5 Å². The first-order chi connectivity index (χ1) is 12.8. The van der Waals surface area contributed by atoms with Crippen LogP contribution in [0.2, 0.25) is 10.0 Å². The van der Waals surface area contributed by atoms with E-state index in [1.165, 1.54) is 4.31 Å². The zero-order chi connectivity index (χ0) is 19.3. The first-order valence-corrected chi connectivity index (χ1v) is 10.9. The molecule has 3 unspecified atom stereocenters. The van der Waals surface area contributed by atoms with Crippen LogP contribution in [0.15, 0.2) is 53.4 Å². The maximum Gasteiger partial charge on any atom is 0.242 e. The topological polar surface area (TPSA) is 49.4 Å². The van der Waals surface area contributed by atoms with Crippen LogP contribution in [0.5, 0.6) is 0 Å². The second-order valence-electron chi connectivity index (χ2n) is 7.16. The highest BCUT2D eigenvalue weighted by atomic mass is 35.5. The standard InChI is InChI=1S/C20H20Cl2N2O2S/c1-24(2)27(25,26)12-9-10-18-16(11-12)13-5-3-6-14(13)20(23-18)15-7-4-8-17(21)19(15)22/h3-5,7-11,13-14,20,23H,6H2,1-2H3. The highest BCUT2D eigenvalue weighted by Crippen LogP contribution is 2.51. The van der Waals surface area contributed by atoms with Crippen LogP contribution in [0, 0.1) is 5.92 Å². The molecule has 3 atom stereocenters. The lowest BCUT2D eigenvalue weighted by atomic mass is 9.77. The van der Waals surface area contributed by atoms with Crippen molar-refractivity contribution in [2.45, 2.75) is 23.3 Å². The fourth-order valence-electron chi connectivity index (χ4n) is 4.01. The first kappa shape index (κ1) is 18.8. The molecule has 0 fully saturated rings. The molecule has 0 radical (unpaired) electrons. The van der Waals surface area contributed by atoms with E-state index in [0.29, 0.717) is 14.9 Å².